The molecule has 0 unspecified atom stereocenters. The third-order valence-electron chi connectivity index (χ3n) is 2.69. The zero-order valence-electron chi connectivity index (χ0n) is 11.1. The summed E-state index contributed by atoms with van der Waals surface area (Å²) in [5, 5.41) is 3.66. The van der Waals surface area contributed by atoms with Crippen LogP contribution < -0.4 is 10.1 Å². The third kappa shape index (κ3) is 4.37. The SMILES string of the molecule is Cc1cc(Cl)cc(Cl)c1OCC(=O)Nc1ccccc1Br. The van der Waals surface area contributed by atoms with Crippen LogP contribution in [0.1, 0.15) is 5.56 Å². The molecule has 0 aliphatic carbocycles. The fraction of sp³-hybridized carbons (Fsp3) is 0.133. The van der Waals surface area contributed by atoms with Crippen molar-refractivity contribution in [1.29, 1.82) is 0 Å². The molecule has 0 aromatic heterocycles. The topological polar surface area (TPSA) is 38.3 Å². The number of hydrogen-bond acceptors (Lipinski definition) is 2. The van der Waals surface area contributed by atoms with Crippen molar-refractivity contribution in [1.82, 2.24) is 0 Å². The number of nitrogens with one attached hydrogen (secondary N) is 1. The number of ether oxygens (including phenoxy) is 1. The standard InChI is InChI=1S/C15H12BrCl2NO2/c1-9-6-10(17)7-12(18)15(9)21-8-14(20)19-13-5-3-2-4-11(13)16/h2-7H,8H2,1H3,(H,19,20). The highest BCUT2D eigenvalue weighted by molar-refractivity contribution is 9.10. The Morgan fingerprint density at radius 2 is 2.00 bits per heavy atom. The second-order valence-corrected chi connectivity index (χ2v) is 6.05. The van der Waals surface area contributed by atoms with Crippen LogP contribution in [-0.2, 0) is 4.79 Å². The molecule has 2 aromatic carbocycles. The molecule has 2 aromatic rings. The molecule has 0 aliphatic heterocycles. The van der Waals surface area contributed by atoms with Gasteiger partial charge in [-0.15, -0.1) is 0 Å². The highest BCUT2D eigenvalue weighted by atomic mass is 79.9. The molecule has 21 heavy (non-hydrogen) atoms. The number of hydrogen-bond donors (Lipinski definition) is 1. The molecule has 0 fully saturated rings. The Labute approximate surface area is 141 Å². The number of rotatable bonds is 4. The van der Waals surface area contributed by atoms with Gasteiger partial charge in [0.15, 0.2) is 6.61 Å². The van der Waals surface area contributed by atoms with E-state index in [9.17, 15) is 4.79 Å². The summed E-state index contributed by atoms with van der Waals surface area (Å²) in [5.74, 6) is 0.190. The Balaban J connectivity index is 2.01. The maximum Gasteiger partial charge on any atom is 0.262 e. The molecule has 0 heterocycles. The highest BCUT2D eigenvalue weighted by Crippen LogP contribution is 2.31. The number of anilines is 1. The number of carbonyl (C=O) groups is 1. The molecular weight excluding hydrogens is 377 g/mol. The Morgan fingerprint density at radius 3 is 2.67 bits per heavy atom. The van der Waals surface area contributed by atoms with Crippen LogP contribution in [0.2, 0.25) is 10.0 Å². The van der Waals surface area contributed by atoms with Crippen molar-refractivity contribution in [2.75, 3.05) is 11.9 Å². The van der Waals surface area contributed by atoms with Crippen molar-refractivity contribution in [2.45, 2.75) is 6.92 Å². The van der Waals surface area contributed by atoms with Gasteiger partial charge in [-0.3, -0.25) is 4.79 Å². The highest BCUT2D eigenvalue weighted by Gasteiger charge is 2.11. The summed E-state index contributed by atoms with van der Waals surface area (Å²) in [7, 11) is 0. The van der Waals surface area contributed by atoms with Crippen molar-refractivity contribution < 1.29 is 9.53 Å². The van der Waals surface area contributed by atoms with Crippen LogP contribution in [0.5, 0.6) is 5.75 Å². The monoisotopic (exact) mass is 387 g/mol. The number of carbonyl (C=O) groups excluding carboxylic acids is 1. The minimum absolute atomic E-state index is 0.135. The number of para-hydroxylation sites is 1. The second kappa shape index (κ2) is 7.16. The van der Waals surface area contributed by atoms with Crippen LogP contribution in [0.15, 0.2) is 40.9 Å². The van der Waals surface area contributed by atoms with E-state index in [-0.39, 0.29) is 12.5 Å². The Bertz CT molecular complexity index is 653. The van der Waals surface area contributed by atoms with Gasteiger partial charge in [-0.05, 0) is 52.7 Å². The van der Waals surface area contributed by atoms with Crippen LogP contribution in [0, 0.1) is 6.92 Å². The molecule has 0 saturated carbocycles. The van der Waals surface area contributed by atoms with Gasteiger partial charge in [-0.1, -0.05) is 35.3 Å². The summed E-state index contributed by atoms with van der Waals surface area (Å²) in [6, 6.07) is 10.7. The second-order valence-electron chi connectivity index (χ2n) is 4.35. The molecular formula is C15H12BrCl2NO2. The van der Waals surface area contributed by atoms with Crippen LogP contribution in [0.3, 0.4) is 0 Å². The lowest BCUT2D eigenvalue weighted by molar-refractivity contribution is -0.118. The molecule has 0 saturated heterocycles. The minimum Gasteiger partial charge on any atom is -0.482 e. The average Bonchev–Trinajstić information content (AvgIpc) is 2.40. The summed E-state index contributed by atoms with van der Waals surface area (Å²) in [6.45, 7) is 1.68. The van der Waals surface area contributed by atoms with Crippen molar-refractivity contribution in [3.05, 3.63) is 56.5 Å². The predicted molar refractivity (Wildman–Crippen MR) is 89.5 cm³/mol. The predicted octanol–water partition coefficient (Wildman–Crippen LogP) is 5.08. The number of aryl methyl sites for hydroxylation is 1. The van der Waals surface area contributed by atoms with E-state index < -0.39 is 0 Å². The van der Waals surface area contributed by atoms with Gasteiger partial charge in [-0.2, -0.15) is 0 Å². The van der Waals surface area contributed by atoms with Gasteiger partial charge in [0.05, 0.1) is 10.7 Å². The first-order chi connectivity index (χ1) is 9.97. The van der Waals surface area contributed by atoms with Gasteiger partial charge in [0, 0.05) is 9.50 Å². The zero-order chi connectivity index (χ0) is 15.4. The van der Waals surface area contributed by atoms with Crippen molar-refractivity contribution in [2.24, 2.45) is 0 Å². The molecule has 2 rings (SSSR count). The fourth-order valence-corrected chi connectivity index (χ4v) is 2.79. The van der Waals surface area contributed by atoms with Gasteiger partial charge in [-0.25, -0.2) is 0 Å². The Kier molecular flexibility index (Phi) is 5.51. The number of halogens is 3. The third-order valence-corrected chi connectivity index (χ3v) is 3.88. The van der Waals surface area contributed by atoms with E-state index >= 15 is 0 Å². The Hall–Kier alpha value is -1.23. The van der Waals surface area contributed by atoms with Crippen molar-refractivity contribution in [3.8, 4) is 5.75 Å². The average molecular weight is 389 g/mol. The normalized spacial score (nSPS) is 10.3. The van der Waals surface area contributed by atoms with Gasteiger partial charge < -0.3 is 10.1 Å². The van der Waals surface area contributed by atoms with Gasteiger partial charge >= 0.3 is 0 Å². The lowest BCUT2D eigenvalue weighted by Gasteiger charge is -2.12. The van der Waals surface area contributed by atoms with E-state index in [1.807, 2.05) is 25.1 Å². The summed E-state index contributed by atoms with van der Waals surface area (Å²) in [5.41, 5.74) is 1.46. The maximum atomic E-state index is 11.9. The van der Waals surface area contributed by atoms with E-state index in [1.165, 1.54) is 0 Å². The summed E-state index contributed by atoms with van der Waals surface area (Å²) >= 11 is 15.3. The van der Waals surface area contributed by atoms with Crippen molar-refractivity contribution in [3.63, 3.8) is 0 Å². The molecule has 0 aliphatic rings. The van der Waals surface area contributed by atoms with E-state index in [2.05, 4.69) is 21.2 Å². The largest absolute Gasteiger partial charge is 0.482 e. The lowest BCUT2D eigenvalue weighted by Crippen LogP contribution is -2.20. The molecule has 0 bridgehead atoms. The van der Waals surface area contributed by atoms with Gasteiger partial charge in [0.2, 0.25) is 0 Å². The van der Waals surface area contributed by atoms with E-state index in [0.717, 1.165) is 10.0 Å². The van der Waals surface area contributed by atoms with Crippen LogP contribution in [0.25, 0.3) is 0 Å². The molecule has 1 N–H and O–H groups in total. The summed E-state index contributed by atoms with van der Waals surface area (Å²) < 4.78 is 6.28. The van der Waals surface area contributed by atoms with Crippen LogP contribution >= 0.6 is 39.1 Å². The minimum atomic E-state index is -0.271. The van der Waals surface area contributed by atoms with Crippen LogP contribution in [-0.4, -0.2) is 12.5 Å². The van der Waals surface area contributed by atoms with E-state index in [1.54, 1.807) is 18.2 Å². The van der Waals surface area contributed by atoms with E-state index in [4.69, 9.17) is 27.9 Å². The molecule has 0 spiro atoms. The van der Waals surface area contributed by atoms with Crippen molar-refractivity contribution >= 4 is 50.7 Å². The molecule has 110 valence electrons. The molecule has 6 heteroatoms. The molecule has 0 atom stereocenters. The first-order valence-electron chi connectivity index (χ1n) is 6.10. The van der Waals surface area contributed by atoms with Gasteiger partial charge in [0.25, 0.3) is 5.91 Å². The number of amides is 1. The lowest BCUT2D eigenvalue weighted by atomic mass is 10.2. The van der Waals surface area contributed by atoms with Crippen LogP contribution in [0.4, 0.5) is 5.69 Å². The summed E-state index contributed by atoms with van der Waals surface area (Å²) in [4.78, 5) is 11.9. The molecule has 0 radical (unpaired) electrons. The molecule has 1 amide bonds. The maximum absolute atomic E-state index is 11.9. The quantitative estimate of drug-likeness (QED) is 0.792. The van der Waals surface area contributed by atoms with E-state index in [0.29, 0.717) is 21.5 Å². The first-order valence-corrected chi connectivity index (χ1v) is 7.65. The Morgan fingerprint density at radius 1 is 1.29 bits per heavy atom. The number of benzene rings is 2. The first kappa shape index (κ1) is 16.1. The smallest absolute Gasteiger partial charge is 0.262 e. The van der Waals surface area contributed by atoms with Gasteiger partial charge in [0.1, 0.15) is 5.75 Å². The molecule has 3 nitrogen and oxygen atoms in total. The zero-order valence-corrected chi connectivity index (χ0v) is 14.2. The fourth-order valence-electron chi connectivity index (χ4n) is 1.76. The summed E-state index contributed by atoms with van der Waals surface area (Å²) in [6.07, 6.45) is 0.